The van der Waals surface area contributed by atoms with E-state index in [1.165, 1.54) is 0 Å². The van der Waals surface area contributed by atoms with Crippen LogP contribution >= 0.6 is 0 Å². The molecule has 1 aromatic heterocycles. The summed E-state index contributed by atoms with van der Waals surface area (Å²) in [6.45, 7) is 0.798. The number of hydrogen-bond acceptors (Lipinski definition) is 3. The van der Waals surface area contributed by atoms with Crippen LogP contribution in [0.15, 0.2) is 65.1 Å². The minimum Gasteiger partial charge on any atom is -0.457 e. The molecule has 27 heavy (non-hydrogen) atoms. The monoisotopic (exact) mass is 356 g/mol. The molecule has 0 unspecified atom stereocenters. The predicted octanol–water partition coefficient (Wildman–Crippen LogP) is 4.55. The molecule has 0 saturated carbocycles. The van der Waals surface area contributed by atoms with Gasteiger partial charge in [0.05, 0.1) is 24.1 Å². The maximum absolute atomic E-state index is 12.7. The molecule has 2 aromatic carbocycles. The molecule has 0 N–H and O–H groups in total. The number of furan rings is 1. The van der Waals surface area contributed by atoms with Crippen molar-refractivity contribution in [2.24, 2.45) is 0 Å². The molecule has 1 aliphatic rings. The Hall–Kier alpha value is -3.32. The standard InChI is InChI=1S/C23H20N2O2/c24-16-18-8-11-22-19(13-18)15-21(27-22)10-9-20-7-4-12-25(20)23(26)14-17-5-2-1-3-6-17/h1-3,5-6,8-11,13,15,20H,4,7,12,14H2/t20-/m0/s1. The number of hydrogen-bond donors (Lipinski definition) is 0. The molecular formula is C23H20N2O2. The van der Waals surface area contributed by atoms with Crippen molar-refractivity contribution in [3.63, 3.8) is 0 Å². The van der Waals surface area contributed by atoms with E-state index in [0.29, 0.717) is 12.0 Å². The van der Waals surface area contributed by atoms with E-state index in [4.69, 9.17) is 9.68 Å². The lowest BCUT2D eigenvalue weighted by Crippen LogP contribution is -2.35. The van der Waals surface area contributed by atoms with E-state index in [1.807, 2.05) is 59.5 Å². The molecule has 3 aromatic rings. The van der Waals surface area contributed by atoms with Gasteiger partial charge in [-0.25, -0.2) is 0 Å². The Morgan fingerprint density at radius 2 is 2.07 bits per heavy atom. The summed E-state index contributed by atoms with van der Waals surface area (Å²) >= 11 is 0. The zero-order valence-electron chi connectivity index (χ0n) is 15.0. The number of carbonyl (C=O) groups excluding carboxylic acids is 1. The van der Waals surface area contributed by atoms with Gasteiger partial charge in [0.1, 0.15) is 11.3 Å². The molecule has 4 heteroatoms. The average molecular weight is 356 g/mol. The van der Waals surface area contributed by atoms with Gasteiger partial charge in [-0.1, -0.05) is 36.4 Å². The minimum atomic E-state index is 0.101. The zero-order chi connectivity index (χ0) is 18.6. The van der Waals surface area contributed by atoms with Crippen LogP contribution in [0.25, 0.3) is 17.0 Å². The molecule has 0 aliphatic carbocycles. The van der Waals surface area contributed by atoms with Gasteiger partial charge in [0, 0.05) is 11.9 Å². The van der Waals surface area contributed by atoms with Gasteiger partial charge in [-0.05, 0) is 48.7 Å². The molecule has 2 heterocycles. The van der Waals surface area contributed by atoms with Gasteiger partial charge in [0.25, 0.3) is 0 Å². The Balaban J connectivity index is 1.47. The van der Waals surface area contributed by atoms with Gasteiger partial charge in [-0.2, -0.15) is 5.26 Å². The number of likely N-dealkylation sites (tertiary alicyclic amines) is 1. The van der Waals surface area contributed by atoms with Crippen LogP contribution in [0.4, 0.5) is 0 Å². The molecule has 4 rings (SSSR count). The summed E-state index contributed by atoms with van der Waals surface area (Å²) < 4.78 is 5.82. The van der Waals surface area contributed by atoms with E-state index in [2.05, 4.69) is 12.1 Å². The summed E-state index contributed by atoms with van der Waals surface area (Å²) in [5, 5.41) is 9.92. The van der Waals surface area contributed by atoms with Crippen LogP contribution in [0, 0.1) is 11.3 Å². The summed E-state index contributed by atoms with van der Waals surface area (Å²) in [7, 11) is 0. The molecular weight excluding hydrogens is 336 g/mol. The van der Waals surface area contributed by atoms with E-state index in [1.54, 1.807) is 6.07 Å². The highest BCUT2D eigenvalue weighted by molar-refractivity contribution is 5.82. The van der Waals surface area contributed by atoms with E-state index in [9.17, 15) is 4.79 Å². The molecule has 1 saturated heterocycles. The predicted molar refractivity (Wildman–Crippen MR) is 105 cm³/mol. The van der Waals surface area contributed by atoms with Crippen LogP contribution in [-0.4, -0.2) is 23.4 Å². The second-order valence-electron chi connectivity index (χ2n) is 6.83. The summed E-state index contributed by atoms with van der Waals surface area (Å²) in [5.74, 6) is 0.902. The number of nitriles is 1. The third-order valence-corrected chi connectivity index (χ3v) is 4.96. The van der Waals surface area contributed by atoms with Crippen LogP contribution in [0.1, 0.15) is 29.7 Å². The molecule has 0 radical (unpaired) electrons. The van der Waals surface area contributed by atoms with E-state index in [0.717, 1.165) is 41.7 Å². The summed E-state index contributed by atoms with van der Waals surface area (Å²) in [6.07, 6.45) is 6.41. The summed E-state index contributed by atoms with van der Waals surface area (Å²) in [5.41, 5.74) is 2.42. The zero-order valence-corrected chi connectivity index (χ0v) is 15.0. The Kier molecular flexibility index (Phi) is 4.76. The van der Waals surface area contributed by atoms with E-state index >= 15 is 0 Å². The van der Waals surface area contributed by atoms with Gasteiger partial charge in [0.15, 0.2) is 0 Å². The SMILES string of the molecule is N#Cc1ccc2oc(C=C[C@@H]3CCCN3C(=O)Cc3ccccc3)cc2c1. The molecule has 1 amide bonds. The Bertz CT molecular complexity index is 1030. The van der Waals surface area contributed by atoms with Crippen LogP contribution in [0.2, 0.25) is 0 Å². The smallest absolute Gasteiger partial charge is 0.227 e. The first-order valence-corrected chi connectivity index (χ1v) is 9.18. The second kappa shape index (κ2) is 7.51. The lowest BCUT2D eigenvalue weighted by molar-refractivity contribution is -0.130. The molecule has 1 fully saturated rings. The molecule has 0 bridgehead atoms. The third-order valence-electron chi connectivity index (χ3n) is 4.96. The molecule has 4 nitrogen and oxygen atoms in total. The fourth-order valence-electron chi connectivity index (χ4n) is 3.60. The van der Waals surface area contributed by atoms with Crippen molar-refractivity contribution < 1.29 is 9.21 Å². The normalized spacial score (nSPS) is 16.9. The molecule has 0 spiro atoms. The van der Waals surface area contributed by atoms with Gasteiger partial charge in [0.2, 0.25) is 5.91 Å². The van der Waals surface area contributed by atoms with Crippen molar-refractivity contribution in [1.29, 1.82) is 5.26 Å². The lowest BCUT2D eigenvalue weighted by atomic mass is 10.1. The number of amides is 1. The van der Waals surface area contributed by atoms with Crippen LogP contribution in [0.3, 0.4) is 0 Å². The number of carbonyl (C=O) groups is 1. The van der Waals surface area contributed by atoms with E-state index in [-0.39, 0.29) is 11.9 Å². The molecule has 1 aliphatic heterocycles. The van der Waals surface area contributed by atoms with Crippen LogP contribution in [0.5, 0.6) is 0 Å². The maximum Gasteiger partial charge on any atom is 0.227 e. The first kappa shape index (κ1) is 17.1. The second-order valence-corrected chi connectivity index (χ2v) is 6.83. The number of rotatable bonds is 4. The van der Waals surface area contributed by atoms with Crippen LogP contribution in [-0.2, 0) is 11.2 Å². The van der Waals surface area contributed by atoms with Crippen molar-refractivity contribution in [3.8, 4) is 6.07 Å². The maximum atomic E-state index is 12.7. The highest BCUT2D eigenvalue weighted by atomic mass is 16.3. The topological polar surface area (TPSA) is 57.2 Å². The fraction of sp³-hybridized carbons (Fsp3) is 0.217. The van der Waals surface area contributed by atoms with Gasteiger partial charge in [-0.15, -0.1) is 0 Å². The van der Waals surface area contributed by atoms with Crippen LogP contribution < -0.4 is 0 Å². The van der Waals surface area contributed by atoms with Crippen molar-refractivity contribution in [2.45, 2.75) is 25.3 Å². The summed E-state index contributed by atoms with van der Waals surface area (Å²) in [6, 6.07) is 19.4. The molecule has 1 atom stereocenters. The van der Waals surface area contributed by atoms with Crippen molar-refractivity contribution in [3.05, 3.63) is 77.6 Å². The third kappa shape index (κ3) is 3.78. The fourth-order valence-corrected chi connectivity index (χ4v) is 3.60. The molecule has 134 valence electrons. The van der Waals surface area contributed by atoms with Crippen molar-refractivity contribution >= 4 is 23.0 Å². The Labute approximate surface area is 158 Å². The minimum absolute atomic E-state index is 0.101. The number of fused-ring (bicyclic) bond motifs is 1. The highest BCUT2D eigenvalue weighted by Crippen LogP contribution is 2.24. The highest BCUT2D eigenvalue weighted by Gasteiger charge is 2.26. The van der Waals surface area contributed by atoms with Crippen molar-refractivity contribution in [2.75, 3.05) is 6.54 Å². The Morgan fingerprint density at radius 1 is 1.22 bits per heavy atom. The van der Waals surface area contributed by atoms with E-state index < -0.39 is 0 Å². The van der Waals surface area contributed by atoms with Crippen molar-refractivity contribution in [1.82, 2.24) is 4.90 Å². The lowest BCUT2D eigenvalue weighted by Gasteiger charge is -2.22. The Morgan fingerprint density at radius 3 is 2.89 bits per heavy atom. The first-order valence-electron chi connectivity index (χ1n) is 9.18. The first-order chi connectivity index (χ1) is 13.2. The largest absolute Gasteiger partial charge is 0.457 e. The average Bonchev–Trinajstić information content (AvgIpc) is 3.32. The van der Waals surface area contributed by atoms with Gasteiger partial charge >= 0.3 is 0 Å². The van der Waals surface area contributed by atoms with Gasteiger partial charge in [-0.3, -0.25) is 4.79 Å². The van der Waals surface area contributed by atoms with Gasteiger partial charge < -0.3 is 9.32 Å². The number of benzene rings is 2. The number of nitrogens with zero attached hydrogens (tertiary/aromatic N) is 2. The summed E-state index contributed by atoms with van der Waals surface area (Å²) in [4.78, 5) is 14.6. The quantitative estimate of drug-likeness (QED) is 0.689.